The number of aromatic nitrogens is 2. The number of amides is 1. The molecule has 4 rings (SSSR count). The first-order valence-corrected chi connectivity index (χ1v) is 10.6. The number of rotatable bonds is 5. The molecule has 28 heavy (non-hydrogen) atoms. The minimum Gasteiger partial charge on any atom is -0.349 e. The number of nitrogens with one attached hydrogen (secondary N) is 1. The van der Waals surface area contributed by atoms with Crippen LogP contribution in [0.1, 0.15) is 41.7 Å². The Labute approximate surface area is 168 Å². The van der Waals surface area contributed by atoms with Crippen molar-refractivity contribution in [1.82, 2.24) is 14.7 Å². The second kappa shape index (κ2) is 8.49. The summed E-state index contributed by atoms with van der Waals surface area (Å²) in [5.74, 6) is 0.819. The SMILES string of the molecule is N#CC1CCC(NC(=O)c2ccccc2SCc2cn3ccccc3n2)CC1. The van der Waals surface area contributed by atoms with Crippen molar-refractivity contribution >= 4 is 23.3 Å². The molecule has 0 atom stereocenters. The Kier molecular flexibility index (Phi) is 5.63. The summed E-state index contributed by atoms with van der Waals surface area (Å²) >= 11 is 1.63. The zero-order valence-corrected chi connectivity index (χ0v) is 16.4. The number of carbonyl (C=O) groups excluding carboxylic acids is 1. The minimum atomic E-state index is -0.0292. The van der Waals surface area contributed by atoms with E-state index in [9.17, 15) is 4.79 Å². The molecule has 0 aliphatic heterocycles. The number of thioether (sulfide) groups is 1. The fraction of sp³-hybridized carbons (Fsp3) is 0.318. The van der Waals surface area contributed by atoms with Crippen molar-refractivity contribution in [2.75, 3.05) is 0 Å². The predicted molar refractivity (Wildman–Crippen MR) is 110 cm³/mol. The molecule has 0 spiro atoms. The van der Waals surface area contributed by atoms with E-state index in [0.717, 1.165) is 41.9 Å². The van der Waals surface area contributed by atoms with Gasteiger partial charge in [0.2, 0.25) is 0 Å². The Morgan fingerprint density at radius 3 is 2.75 bits per heavy atom. The van der Waals surface area contributed by atoms with Crippen LogP contribution in [0.5, 0.6) is 0 Å². The van der Waals surface area contributed by atoms with Crippen LogP contribution in [0, 0.1) is 17.2 Å². The maximum absolute atomic E-state index is 12.8. The van der Waals surface area contributed by atoms with Gasteiger partial charge in [0, 0.05) is 35.0 Å². The third kappa shape index (κ3) is 4.20. The average molecular weight is 391 g/mol. The lowest BCUT2D eigenvalue weighted by molar-refractivity contribution is 0.0922. The molecular weight excluding hydrogens is 368 g/mol. The number of hydrogen-bond donors (Lipinski definition) is 1. The summed E-state index contributed by atoms with van der Waals surface area (Å²) in [5.41, 5.74) is 2.62. The Hall–Kier alpha value is -2.78. The molecule has 1 aliphatic rings. The van der Waals surface area contributed by atoms with Crippen LogP contribution in [-0.2, 0) is 5.75 Å². The van der Waals surface area contributed by atoms with E-state index in [1.54, 1.807) is 11.8 Å². The van der Waals surface area contributed by atoms with E-state index < -0.39 is 0 Å². The smallest absolute Gasteiger partial charge is 0.252 e. The van der Waals surface area contributed by atoms with Crippen LogP contribution in [0.2, 0.25) is 0 Å². The molecular formula is C22H22N4OS. The first-order chi connectivity index (χ1) is 13.7. The van der Waals surface area contributed by atoms with Gasteiger partial charge in [-0.3, -0.25) is 4.79 Å². The van der Waals surface area contributed by atoms with Gasteiger partial charge in [0.05, 0.1) is 17.3 Å². The standard InChI is InChI=1S/C22H22N4OS/c23-13-16-8-10-17(11-9-16)25-22(27)19-5-1-2-6-20(19)28-15-18-14-26-12-4-3-7-21(26)24-18/h1-7,12,14,16-17H,8-11,15H2,(H,25,27). The zero-order valence-electron chi connectivity index (χ0n) is 15.5. The summed E-state index contributed by atoms with van der Waals surface area (Å²) in [6.45, 7) is 0. The number of fused-ring (bicyclic) bond motifs is 1. The molecule has 1 saturated carbocycles. The Morgan fingerprint density at radius 2 is 1.96 bits per heavy atom. The van der Waals surface area contributed by atoms with Gasteiger partial charge in [-0.1, -0.05) is 18.2 Å². The molecule has 1 fully saturated rings. The van der Waals surface area contributed by atoms with Crippen molar-refractivity contribution in [2.45, 2.75) is 42.4 Å². The summed E-state index contributed by atoms with van der Waals surface area (Å²) < 4.78 is 2.01. The first kappa shape index (κ1) is 18.6. The van der Waals surface area contributed by atoms with Gasteiger partial charge in [0.1, 0.15) is 5.65 Å². The van der Waals surface area contributed by atoms with E-state index in [-0.39, 0.29) is 17.9 Å². The van der Waals surface area contributed by atoms with E-state index in [2.05, 4.69) is 16.4 Å². The highest BCUT2D eigenvalue weighted by Crippen LogP contribution is 2.28. The van der Waals surface area contributed by atoms with Crippen LogP contribution in [0.3, 0.4) is 0 Å². The largest absolute Gasteiger partial charge is 0.349 e. The van der Waals surface area contributed by atoms with E-state index in [1.807, 2.05) is 59.3 Å². The first-order valence-electron chi connectivity index (χ1n) is 9.58. The summed E-state index contributed by atoms with van der Waals surface area (Å²) in [4.78, 5) is 18.4. The van der Waals surface area contributed by atoms with Crippen molar-refractivity contribution in [3.63, 3.8) is 0 Å². The maximum atomic E-state index is 12.8. The molecule has 6 heteroatoms. The van der Waals surface area contributed by atoms with Crippen LogP contribution in [0.4, 0.5) is 0 Å². The van der Waals surface area contributed by atoms with Gasteiger partial charge in [0.25, 0.3) is 5.91 Å². The number of imidazole rings is 1. The molecule has 2 aromatic heterocycles. The molecule has 1 aromatic carbocycles. The van der Waals surface area contributed by atoms with Gasteiger partial charge in [-0.05, 0) is 49.9 Å². The van der Waals surface area contributed by atoms with E-state index in [4.69, 9.17) is 5.26 Å². The molecule has 0 bridgehead atoms. The Bertz CT molecular complexity index is 982. The van der Waals surface area contributed by atoms with Crippen molar-refractivity contribution in [2.24, 2.45) is 5.92 Å². The molecule has 2 heterocycles. The summed E-state index contributed by atoms with van der Waals surface area (Å²) in [6, 6.07) is 16.2. The molecule has 1 amide bonds. The molecule has 3 aromatic rings. The Balaban J connectivity index is 1.41. The molecule has 0 saturated heterocycles. The van der Waals surface area contributed by atoms with Crippen molar-refractivity contribution in [1.29, 1.82) is 5.26 Å². The zero-order chi connectivity index (χ0) is 19.3. The molecule has 5 nitrogen and oxygen atoms in total. The maximum Gasteiger partial charge on any atom is 0.252 e. The van der Waals surface area contributed by atoms with Crippen molar-refractivity contribution < 1.29 is 4.79 Å². The molecule has 142 valence electrons. The molecule has 0 radical (unpaired) electrons. The van der Waals surface area contributed by atoms with E-state index in [1.165, 1.54) is 0 Å². The van der Waals surface area contributed by atoms with Crippen molar-refractivity contribution in [3.05, 3.63) is 66.1 Å². The van der Waals surface area contributed by atoms with Gasteiger partial charge in [-0.25, -0.2) is 4.98 Å². The predicted octanol–water partition coefficient (Wildman–Crippen LogP) is 4.44. The lowest BCUT2D eigenvalue weighted by Gasteiger charge is -2.26. The van der Waals surface area contributed by atoms with Gasteiger partial charge in [-0.2, -0.15) is 5.26 Å². The highest BCUT2D eigenvalue weighted by atomic mass is 32.2. The van der Waals surface area contributed by atoms with Crippen LogP contribution in [-0.4, -0.2) is 21.3 Å². The molecule has 0 unspecified atom stereocenters. The van der Waals surface area contributed by atoms with Crippen LogP contribution < -0.4 is 5.32 Å². The summed E-state index contributed by atoms with van der Waals surface area (Å²) in [5, 5.41) is 12.2. The lowest BCUT2D eigenvalue weighted by atomic mass is 9.87. The van der Waals surface area contributed by atoms with Crippen molar-refractivity contribution in [3.8, 4) is 6.07 Å². The van der Waals surface area contributed by atoms with E-state index >= 15 is 0 Å². The minimum absolute atomic E-state index is 0.0292. The number of benzene rings is 1. The van der Waals surface area contributed by atoms with Gasteiger partial charge in [0.15, 0.2) is 0 Å². The number of nitrogens with zero attached hydrogens (tertiary/aromatic N) is 3. The highest BCUT2D eigenvalue weighted by molar-refractivity contribution is 7.98. The second-order valence-electron chi connectivity index (χ2n) is 7.13. The van der Waals surface area contributed by atoms with Crippen LogP contribution in [0.15, 0.2) is 59.8 Å². The summed E-state index contributed by atoms with van der Waals surface area (Å²) in [7, 11) is 0. The number of nitriles is 1. The topological polar surface area (TPSA) is 70.2 Å². The third-order valence-corrected chi connectivity index (χ3v) is 6.27. The van der Waals surface area contributed by atoms with Crippen LogP contribution >= 0.6 is 11.8 Å². The quantitative estimate of drug-likeness (QED) is 0.654. The lowest BCUT2D eigenvalue weighted by Crippen LogP contribution is -2.37. The average Bonchev–Trinajstić information content (AvgIpc) is 3.16. The van der Waals surface area contributed by atoms with Gasteiger partial charge >= 0.3 is 0 Å². The fourth-order valence-corrected chi connectivity index (χ4v) is 4.55. The van der Waals surface area contributed by atoms with Gasteiger partial charge in [-0.15, -0.1) is 11.8 Å². The second-order valence-corrected chi connectivity index (χ2v) is 8.15. The number of hydrogen-bond acceptors (Lipinski definition) is 4. The third-order valence-electron chi connectivity index (χ3n) is 5.17. The fourth-order valence-electron chi connectivity index (χ4n) is 3.62. The van der Waals surface area contributed by atoms with Crippen LogP contribution in [0.25, 0.3) is 5.65 Å². The normalized spacial score (nSPS) is 19.2. The molecule has 1 N–H and O–H groups in total. The van der Waals surface area contributed by atoms with Gasteiger partial charge < -0.3 is 9.72 Å². The number of pyridine rings is 1. The Morgan fingerprint density at radius 1 is 1.18 bits per heavy atom. The van der Waals surface area contributed by atoms with E-state index in [0.29, 0.717) is 11.3 Å². The summed E-state index contributed by atoms with van der Waals surface area (Å²) in [6.07, 6.45) is 7.50. The molecule has 1 aliphatic carbocycles. The monoisotopic (exact) mass is 390 g/mol. The number of carbonyl (C=O) groups is 1. The highest BCUT2D eigenvalue weighted by Gasteiger charge is 2.23.